The minimum atomic E-state index is -0.341. The number of rotatable bonds is 3. The topological polar surface area (TPSA) is 55.6 Å². The van der Waals surface area contributed by atoms with Crippen LogP contribution in [0.5, 0.6) is 0 Å². The molecule has 0 spiro atoms. The molecular weight excluding hydrogens is 228 g/mol. The summed E-state index contributed by atoms with van der Waals surface area (Å²) in [6.07, 6.45) is 5.43. The van der Waals surface area contributed by atoms with Crippen LogP contribution in [0.2, 0.25) is 0 Å². The van der Waals surface area contributed by atoms with Gasteiger partial charge in [0.05, 0.1) is 6.04 Å². The molecule has 1 saturated heterocycles. The molecule has 0 radical (unpaired) electrons. The summed E-state index contributed by atoms with van der Waals surface area (Å²) in [4.78, 5) is 14.3. The van der Waals surface area contributed by atoms with Gasteiger partial charge in [0, 0.05) is 26.3 Å². The third kappa shape index (κ3) is 2.86. The van der Waals surface area contributed by atoms with Gasteiger partial charge in [-0.1, -0.05) is 13.3 Å². The fourth-order valence-electron chi connectivity index (χ4n) is 3.38. The Balaban J connectivity index is 1.92. The van der Waals surface area contributed by atoms with E-state index >= 15 is 0 Å². The van der Waals surface area contributed by atoms with E-state index in [0.29, 0.717) is 17.9 Å². The largest absolute Gasteiger partial charge is 0.381 e. The molecule has 0 bridgehead atoms. The van der Waals surface area contributed by atoms with Crippen molar-refractivity contribution in [3.63, 3.8) is 0 Å². The van der Waals surface area contributed by atoms with Crippen LogP contribution >= 0.6 is 0 Å². The van der Waals surface area contributed by atoms with Gasteiger partial charge >= 0.3 is 0 Å². The highest BCUT2D eigenvalue weighted by Crippen LogP contribution is 2.29. The highest BCUT2D eigenvalue weighted by atomic mass is 16.5. The summed E-state index contributed by atoms with van der Waals surface area (Å²) >= 11 is 0. The average molecular weight is 254 g/mol. The maximum atomic E-state index is 12.4. The molecule has 104 valence electrons. The molecule has 4 nitrogen and oxygen atoms in total. The average Bonchev–Trinajstić information content (AvgIpc) is 2.83. The molecule has 3 unspecified atom stereocenters. The Morgan fingerprint density at radius 3 is 2.50 bits per heavy atom. The third-order valence-corrected chi connectivity index (χ3v) is 4.72. The second-order valence-corrected chi connectivity index (χ2v) is 5.90. The normalized spacial score (nSPS) is 31.3. The zero-order valence-electron chi connectivity index (χ0n) is 11.6. The Morgan fingerprint density at radius 2 is 1.94 bits per heavy atom. The van der Waals surface area contributed by atoms with E-state index in [4.69, 9.17) is 10.5 Å². The van der Waals surface area contributed by atoms with Crippen LogP contribution < -0.4 is 5.73 Å². The lowest BCUT2D eigenvalue weighted by atomic mass is 9.91. The zero-order chi connectivity index (χ0) is 13.1. The first kappa shape index (κ1) is 13.8. The first-order valence-electron chi connectivity index (χ1n) is 7.21. The van der Waals surface area contributed by atoms with Gasteiger partial charge in [0.1, 0.15) is 0 Å². The molecule has 2 rings (SSSR count). The van der Waals surface area contributed by atoms with Gasteiger partial charge in [-0.05, 0) is 37.5 Å². The van der Waals surface area contributed by atoms with E-state index in [1.165, 1.54) is 12.8 Å². The molecule has 0 aromatic rings. The van der Waals surface area contributed by atoms with E-state index in [2.05, 4.69) is 6.92 Å². The molecule has 1 saturated carbocycles. The van der Waals surface area contributed by atoms with Crippen molar-refractivity contribution in [1.82, 2.24) is 4.90 Å². The second kappa shape index (κ2) is 6.02. The van der Waals surface area contributed by atoms with Gasteiger partial charge in [0.25, 0.3) is 0 Å². The summed E-state index contributed by atoms with van der Waals surface area (Å²) < 4.78 is 5.33. The van der Waals surface area contributed by atoms with Crippen molar-refractivity contribution in [3.8, 4) is 0 Å². The number of carbonyl (C=O) groups is 1. The van der Waals surface area contributed by atoms with Crippen LogP contribution in [0.1, 0.15) is 39.0 Å². The fourth-order valence-corrected chi connectivity index (χ4v) is 3.38. The molecule has 0 aromatic carbocycles. The smallest absolute Gasteiger partial charge is 0.239 e. The van der Waals surface area contributed by atoms with Crippen molar-refractivity contribution < 1.29 is 9.53 Å². The van der Waals surface area contributed by atoms with Crippen molar-refractivity contribution in [3.05, 3.63) is 0 Å². The van der Waals surface area contributed by atoms with E-state index in [1.54, 1.807) is 0 Å². The number of amides is 1. The summed E-state index contributed by atoms with van der Waals surface area (Å²) in [7, 11) is 1.92. The number of ether oxygens (including phenoxy) is 1. The Bertz CT molecular complexity index is 290. The van der Waals surface area contributed by atoms with E-state index < -0.39 is 0 Å². The molecule has 2 N–H and O–H groups in total. The van der Waals surface area contributed by atoms with Crippen molar-refractivity contribution in [1.29, 1.82) is 0 Å². The SMILES string of the molecule is CC1CCCC1N(C)C(=O)C(N)C1CCOCC1. The molecule has 2 aliphatic rings. The molecule has 0 aromatic heterocycles. The number of nitrogens with zero attached hydrogens (tertiary/aromatic N) is 1. The van der Waals surface area contributed by atoms with Crippen LogP contribution in [-0.4, -0.2) is 43.2 Å². The molecular formula is C14H26N2O2. The van der Waals surface area contributed by atoms with Gasteiger partial charge in [0.2, 0.25) is 5.91 Å². The summed E-state index contributed by atoms with van der Waals surface area (Å²) in [6.45, 7) is 3.73. The molecule has 18 heavy (non-hydrogen) atoms. The number of hydrogen-bond acceptors (Lipinski definition) is 3. The van der Waals surface area contributed by atoms with Crippen LogP contribution in [-0.2, 0) is 9.53 Å². The van der Waals surface area contributed by atoms with Crippen molar-refractivity contribution in [2.45, 2.75) is 51.1 Å². The molecule has 1 heterocycles. The lowest BCUT2D eigenvalue weighted by Gasteiger charge is -2.34. The molecule has 1 aliphatic carbocycles. The maximum absolute atomic E-state index is 12.4. The monoisotopic (exact) mass is 254 g/mol. The Morgan fingerprint density at radius 1 is 1.28 bits per heavy atom. The van der Waals surface area contributed by atoms with Crippen LogP contribution in [0.3, 0.4) is 0 Å². The fraction of sp³-hybridized carbons (Fsp3) is 0.929. The highest BCUT2D eigenvalue weighted by Gasteiger charge is 2.34. The van der Waals surface area contributed by atoms with Gasteiger partial charge in [0.15, 0.2) is 0 Å². The van der Waals surface area contributed by atoms with Gasteiger partial charge in [-0.2, -0.15) is 0 Å². The number of carbonyl (C=O) groups excluding carboxylic acids is 1. The number of nitrogens with two attached hydrogens (primary N) is 1. The predicted molar refractivity (Wildman–Crippen MR) is 71.1 cm³/mol. The summed E-state index contributed by atoms with van der Waals surface area (Å²) in [6, 6.07) is 0.0510. The quantitative estimate of drug-likeness (QED) is 0.828. The predicted octanol–water partition coefficient (Wildman–Crippen LogP) is 1.39. The van der Waals surface area contributed by atoms with Crippen LogP contribution in [0.4, 0.5) is 0 Å². The zero-order valence-corrected chi connectivity index (χ0v) is 11.6. The standard InChI is InChI=1S/C14H26N2O2/c1-10-4-3-5-12(10)16(2)14(17)13(15)11-6-8-18-9-7-11/h10-13H,3-9,15H2,1-2H3. The molecule has 1 amide bonds. The van der Waals surface area contributed by atoms with Gasteiger partial charge in [-0.15, -0.1) is 0 Å². The second-order valence-electron chi connectivity index (χ2n) is 5.90. The minimum absolute atomic E-state index is 0.126. The van der Waals surface area contributed by atoms with Gasteiger partial charge in [-0.3, -0.25) is 4.79 Å². The lowest BCUT2D eigenvalue weighted by molar-refractivity contribution is -0.136. The molecule has 4 heteroatoms. The van der Waals surface area contributed by atoms with Gasteiger partial charge < -0.3 is 15.4 Å². The lowest BCUT2D eigenvalue weighted by Crippen LogP contribution is -2.51. The van der Waals surface area contributed by atoms with Crippen LogP contribution in [0, 0.1) is 11.8 Å². The maximum Gasteiger partial charge on any atom is 0.239 e. The Hall–Kier alpha value is -0.610. The molecule has 3 atom stereocenters. The molecule has 1 aliphatic heterocycles. The first-order valence-corrected chi connectivity index (χ1v) is 7.21. The van der Waals surface area contributed by atoms with Gasteiger partial charge in [-0.25, -0.2) is 0 Å². The van der Waals surface area contributed by atoms with Crippen LogP contribution in [0.15, 0.2) is 0 Å². The van der Waals surface area contributed by atoms with E-state index in [-0.39, 0.29) is 11.9 Å². The Labute approximate surface area is 110 Å². The summed E-state index contributed by atoms with van der Waals surface area (Å²) in [5.74, 6) is 1.03. The molecule has 2 fully saturated rings. The summed E-state index contributed by atoms with van der Waals surface area (Å²) in [5.41, 5.74) is 6.16. The van der Waals surface area contributed by atoms with E-state index in [1.807, 2.05) is 11.9 Å². The van der Waals surface area contributed by atoms with Crippen molar-refractivity contribution in [2.75, 3.05) is 20.3 Å². The van der Waals surface area contributed by atoms with E-state index in [0.717, 1.165) is 32.5 Å². The van der Waals surface area contributed by atoms with Crippen molar-refractivity contribution >= 4 is 5.91 Å². The Kier molecular flexibility index (Phi) is 4.62. The minimum Gasteiger partial charge on any atom is -0.381 e. The highest BCUT2D eigenvalue weighted by molar-refractivity contribution is 5.82. The van der Waals surface area contributed by atoms with Crippen LogP contribution in [0.25, 0.3) is 0 Å². The number of hydrogen-bond donors (Lipinski definition) is 1. The first-order chi connectivity index (χ1) is 8.61. The number of likely N-dealkylation sites (N-methyl/N-ethyl adjacent to an activating group) is 1. The van der Waals surface area contributed by atoms with E-state index in [9.17, 15) is 4.79 Å². The van der Waals surface area contributed by atoms with Crippen molar-refractivity contribution in [2.24, 2.45) is 17.6 Å². The third-order valence-electron chi connectivity index (χ3n) is 4.72. The summed E-state index contributed by atoms with van der Waals surface area (Å²) in [5, 5.41) is 0.